The summed E-state index contributed by atoms with van der Waals surface area (Å²) in [5.74, 6) is 3.58. The molecule has 0 fully saturated rings. The molecule has 0 unspecified atom stereocenters. The molecule has 0 amide bonds. The number of nitrogens with zero attached hydrogens (tertiary/aromatic N) is 2. The van der Waals surface area contributed by atoms with Crippen molar-refractivity contribution in [2.24, 2.45) is 0 Å². The molecule has 1 aromatic heterocycles. The van der Waals surface area contributed by atoms with Crippen LogP contribution in [0.3, 0.4) is 0 Å². The van der Waals surface area contributed by atoms with Crippen LogP contribution in [0.1, 0.15) is 5.56 Å². The first-order valence-corrected chi connectivity index (χ1v) is 9.52. The molecule has 0 aliphatic carbocycles. The lowest BCUT2D eigenvalue weighted by molar-refractivity contribution is 0.395. The first-order chi connectivity index (χ1) is 12.6. The van der Waals surface area contributed by atoms with E-state index in [0.29, 0.717) is 22.5 Å². The summed E-state index contributed by atoms with van der Waals surface area (Å²) in [6, 6.07) is 11.5. The molecule has 136 valence electrons. The van der Waals surface area contributed by atoms with Crippen molar-refractivity contribution in [1.29, 1.82) is 0 Å². The number of thioether (sulfide) groups is 1. The summed E-state index contributed by atoms with van der Waals surface area (Å²) in [5.41, 5.74) is 1.90. The standard InChI is InChI=1S/C18H18BrN3O3S/c1-23-13-5-6-14(16(9-13)25-3)17-20-18(22-21-17)26-10-11-8-12(19)4-7-15(11)24-2/h4-9H,10H2,1-3H3,(H,20,21,22). The van der Waals surface area contributed by atoms with Crippen LogP contribution in [0.5, 0.6) is 17.2 Å². The molecular formula is C18H18BrN3O3S. The summed E-state index contributed by atoms with van der Waals surface area (Å²) in [5, 5.41) is 7.91. The number of nitrogens with one attached hydrogen (secondary N) is 1. The second kappa shape index (κ2) is 8.46. The number of ether oxygens (including phenoxy) is 3. The van der Waals surface area contributed by atoms with Gasteiger partial charge in [-0.1, -0.05) is 27.7 Å². The minimum Gasteiger partial charge on any atom is -0.497 e. The van der Waals surface area contributed by atoms with Gasteiger partial charge < -0.3 is 14.2 Å². The van der Waals surface area contributed by atoms with Crippen LogP contribution >= 0.6 is 27.7 Å². The van der Waals surface area contributed by atoms with E-state index in [9.17, 15) is 0 Å². The number of hydrogen-bond donors (Lipinski definition) is 1. The number of methoxy groups -OCH3 is 3. The first-order valence-electron chi connectivity index (χ1n) is 7.74. The number of H-pyrrole nitrogens is 1. The minimum absolute atomic E-state index is 0.646. The second-order valence-electron chi connectivity index (χ2n) is 5.28. The molecule has 26 heavy (non-hydrogen) atoms. The fourth-order valence-corrected chi connectivity index (χ4v) is 3.61. The van der Waals surface area contributed by atoms with Gasteiger partial charge in [-0.3, -0.25) is 5.10 Å². The third-order valence-corrected chi connectivity index (χ3v) is 5.12. The number of aromatic amines is 1. The molecule has 0 aliphatic rings. The van der Waals surface area contributed by atoms with Crippen molar-refractivity contribution in [2.45, 2.75) is 10.9 Å². The Morgan fingerprint density at radius 3 is 2.54 bits per heavy atom. The van der Waals surface area contributed by atoms with Crippen molar-refractivity contribution in [2.75, 3.05) is 21.3 Å². The highest BCUT2D eigenvalue weighted by Gasteiger charge is 2.13. The monoisotopic (exact) mass is 435 g/mol. The van der Waals surface area contributed by atoms with Gasteiger partial charge in [0, 0.05) is 21.9 Å². The molecular weight excluding hydrogens is 418 g/mol. The molecule has 6 nitrogen and oxygen atoms in total. The molecule has 0 atom stereocenters. The van der Waals surface area contributed by atoms with Gasteiger partial charge in [0.2, 0.25) is 5.16 Å². The average molecular weight is 436 g/mol. The molecule has 3 rings (SSSR count). The Morgan fingerprint density at radius 2 is 1.81 bits per heavy atom. The Balaban J connectivity index is 1.78. The van der Waals surface area contributed by atoms with E-state index in [-0.39, 0.29) is 0 Å². The summed E-state index contributed by atoms with van der Waals surface area (Å²) in [7, 11) is 4.90. The van der Waals surface area contributed by atoms with E-state index in [1.54, 1.807) is 21.3 Å². The van der Waals surface area contributed by atoms with E-state index in [4.69, 9.17) is 14.2 Å². The van der Waals surface area contributed by atoms with Crippen LogP contribution in [0.15, 0.2) is 46.0 Å². The molecule has 0 spiro atoms. The Hall–Kier alpha value is -2.19. The van der Waals surface area contributed by atoms with Crippen LogP contribution in [-0.2, 0) is 5.75 Å². The molecule has 8 heteroatoms. The van der Waals surface area contributed by atoms with Crippen LogP contribution < -0.4 is 14.2 Å². The predicted molar refractivity (Wildman–Crippen MR) is 105 cm³/mol. The van der Waals surface area contributed by atoms with Crippen molar-refractivity contribution < 1.29 is 14.2 Å². The van der Waals surface area contributed by atoms with E-state index in [0.717, 1.165) is 27.1 Å². The second-order valence-corrected chi connectivity index (χ2v) is 7.14. The van der Waals surface area contributed by atoms with Crippen LogP contribution in [0.2, 0.25) is 0 Å². The number of halogens is 1. The third-order valence-electron chi connectivity index (χ3n) is 3.73. The summed E-state index contributed by atoms with van der Waals surface area (Å²) in [6.07, 6.45) is 0. The van der Waals surface area contributed by atoms with E-state index >= 15 is 0 Å². The Labute approximate surface area is 164 Å². The fraction of sp³-hybridized carbons (Fsp3) is 0.222. The average Bonchev–Trinajstić information content (AvgIpc) is 3.14. The van der Waals surface area contributed by atoms with Crippen molar-refractivity contribution in [3.05, 3.63) is 46.4 Å². The normalized spacial score (nSPS) is 10.6. The maximum Gasteiger partial charge on any atom is 0.209 e. The van der Waals surface area contributed by atoms with Crippen molar-refractivity contribution >= 4 is 27.7 Å². The maximum absolute atomic E-state index is 5.43. The topological polar surface area (TPSA) is 69.3 Å². The third kappa shape index (κ3) is 4.13. The maximum atomic E-state index is 5.43. The van der Waals surface area contributed by atoms with Gasteiger partial charge in [-0.25, -0.2) is 4.98 Å². The van der Waals surface area contributed by atoms with Crippen LogP contribution in [0.25, 0.3) is 11.4 Å². The molecule has 0 saturated carbocycles. The molecule has 0 saturated heterocycles. The smallest absolute Gasteiger partial charge is 0.209 e. The van der Waals surface area contributed by atoms with Gasteiger partial charge in [-0.2, -0.15) is 0 Å². The fourth-order valence-electron chi connectivity index (χ4n) is 2.43. The zero-order chi connectivity index (χ0) is 18.5. The Bertz CT molecular complexity index is 901. The molecule has 1 heterocycles. The van der Waals surface area contributed by atoms with E-state index < -0.39 is 0 Å². The van der Waals surface area contributed by atoms with Gasteiger partial charge in [-0.05, 0) is 30.3 Å². The number of rotatable bonds is 7. The largest absolute Gasteiger partial charge is 0.497 e. The molecule has 0 bridgehead atoms. The zero-order valence-corrected chi connectivity index (χ0v) is 17.0. The van der Waals surface area contributed by atoms with Gasteiger partial charge in [-0.15, -0.1) is 5.10 Å². The molecule has 0 aliphatic heterocycles. The predicted octanol–water partition coefficient (Wildman–Crippen LogP) is 4.55. The quantitative estimate of drug-likeness (QED) is 0.548. The molecule has 0 radical (unpaired) electrons. The molecule has 2 aromatic carbocycles. The van der Waals surface area contributed by atoms with E-state index in [1.165, 1.54) is 11.8 Å². The van der Waals surface area contributed by atoms with Crippen LogP contribution in [-0.4, -0.2) is 36.5 Å². The summed E-state index contributed by atoms with van der Waals surface area (Å²) >= 11 is 5.02. The summed E-state index contributed by atoms with van der Waals surface area (Å²) in [6.45, 7) is 0. The highest BCUT2D eigenvalue weighted by Crippen LogP contribution is 2.33. The van der Waals surface area contributed by atoms with Crippen molar-refractivity contribution in [1.82, 2.24) is 15.2 Å². The molecule has 3 aromatic rings. The van der Waals surface area contributed by atoms with Gasteiger partial charge in [0.05, 0.1) is 26.9 Å². The Morgan fingerprint density at radius 1 is 1.00 bits per heavy atom. The van der Waals surface area contributed by atoms with Gasteiger partial charge >= 0.3 is 0 Å². The first kappa shape index (κ1) is 18.6. The van der Waals surface area contributed by atoms with Crippen molar-refractivity contribution in [3.63, 3.8) is 0 Å². The SMILES string of the molecule is COc1ccc(-c2nc(SCc3cc(Br)ccc3OC)n[nH]2)c(OC)c1. The zero-order valence-electron chi connectivity index (χ0n) is 14.6. The summed E-state index contributed by atoms with van der Waals surface area (Å²) in [4.78, 5) is 4.56. The highest BCUT2D eigenvalue weighted by molar-refractivity contribution is 9.10. The van der Waals surface area contributed by atoms with Crippen molar-refractivity contribution in [3.8, 4) is 28.6 Å². The number of aromatic nitrogens is 3. The number of hydrogen-bond acceptors (Lipinski definition) is 6. The lowest BCUT2D eigenvalue weighted by Crippen LogP contribution is -1.91. The lowest BCUT2D eigenvalue weighted by Gasteiger charge is -2.08. The highest BCUT2D eigenvalue weighted by atomic mass is 79.9. The van der Waals surface area contributed by atoms with E-state index in [1.807, 2.05) is 36.4 Å². The minimum atomic E-state index is 0.646. The van der Waals surface area contributed by atoms with Crippen LogP contribution in [0.4, 0.5) is 0 Å². The lowest BCUT2D eigenvalue weighted by atomic mass is 10.2. The van der Waals surface area contributed by atoms with Gasteiger partial charge in [0.25, 0.3) is 0 Å². The molecule has 1 N–H and O–H groups in total. The van der Waals surface area contributed by atoms with Crippen LogP contribution in [0, 0.1) is 0 Å². The van der Waals surface area contributed by atoms with E-state index in [2.05, 4.69) is 31.1 Å². The van der Waals surface area contributed by atoms with Gasteiger partial charge in [0.1, 0.15) is 17.2 Å². The number of benzene rings is 2. The Kier molecular flexibility index (Phi) is 6.05. The summed E-state index contributed by atoms with van der Waals surface area (Å²) < 4.78 is 17.1. The van der Waals surface area contributed by atoms with Gasteiger partial charge in [0.15, 0.2) is 5.82 Å².